The van der Waals surface area contributed by atoms with Crippen molar-refractivity contribution in [3.63, 3.8) is 0 Å². The fourth-order valence-corrected chi connectivity index (χ4v) is 1.69. The van der Waals surface area contributed by atoms with Crippen molar-refractivity contribution < 1.29 is 0 Å². The van der Waals surface area contributed by atoms with Crippen molar-refractivity contribution in [2.45, 2.75) is 31.5 Å². The summed E-state index contributed by atoms with van der Waals surface area (Å²) in [5, 5.41) is 9.23. The average Bonchev–Trinajstić information content (AvgIpc) is 2.50. The summed E-state index contributed by atoms with van der Waals surface area (Å²) in [7, 11) is 0. The van der Waals surface area contributed by atoms with Crippen LogP contribution in [0.5, 0.6) is 0 Å². The number of hydrogen-bond donors (Lipinski definition) is 0. The minimum atomic E-state index is 0.533. The molecule has 0 aliphatic rings. The summed E-state index contributed by atoms with van der Waals surface area (Å²) < 4.78 is 2.04. The van der Waals surface area contributed by atoms with Crippen molar-refractivity contribution in [1.82, 2.24) is 14.8 Å². The number of aromatic nitrogens is 3. The number of thioether (sulfide) groups is 1. The minimum Gasteiger partial charge on any atom is -0.309 e. The molecule has 0 radical (unpaired) electrons. The highest BCUT2D eigenvalue weighted by Crippen LogP contribution is 2.15. The number of halogens is 1. The molecule has 0 N–H and O–H groups in total. The molecule has 0 spiro atoms. The standard InChI is InChI=1S/C7H12ClN3S/c1-2-3-4-11-6-9-10-7(11)12-5-8/h6H,2-5H2,1H3. The lowest BCUT2D eigenvalue weighted by atomic mass is 10.3. The van der Waals surface area contributed by atoms with Crippen LogP contribution in [0.3, 0.4) is 0 Å². The van der Waals surface area contributed by atoms with Crippen molar-refractivity contribution in [1.29, 1.82) is 0 Å². The normalized spacial score (nSPS) is 10.5. The first-order chi connectivity index (χ1) is 5.88. The Morgan fingerprint density at radius 1 is 1.67 bits per heavy atom. The first kappa shape index (κ1) is 9.86. The van der Waals surface area contributed by atoms with Gasteiger partial charge in [-0.2, -0.15) is 0 Å². The molecule has 3 nitrogen and oxygen atoms in total. The van der Waals surface area contributed by atoms with E-state index in [1.807, 2.05) is 4.57 Å². The molecular weight excluding hydrogens is 194 g/mol. The van der Waals surface area contributed by atoms with Gasteiger partial charge >= 0.3 is 0 Å². The van der Waals surface area contributed by atoms with E-state index < -0.39 is 0 Å². The monoisotopic (exact) mass is 205 g/mol. The predicted octanol–water partition coefficient (Wildman–Crippen LogP) is 2.37. The highest BCUT2D eigenvalue weighted by molar-refractivity contribution is 8.00. The van der Waals surface area contributed by atoms with Crippen molar-refractivity contribution in [3.05, 3.63) is 6.33 Å². The van der Waals surface area contributed by atoms with Gasteiger partial charge in [0.25, 0.3) is 0 Å². The molecule has 5 heteroatoms. The minimum absolute atomic E-state index is 0.533. The van der Waals surface area contributed by atoms with Crippen molar-refractivity contribution in [3.8, 4) is 0 Å². The molecule has 1 aromatic rings. The Morgan fingerprint density at radius 2 is 2.50 bits per heavy atom. The highest BCUT2D eigenvalue weighted by atomic mass is 35.5. The van der Waals surface area contributed by atoms with E-state index >= 15 is 0 Å². The number of unbranched alkanes of at least 4 members (excludes halogenated alkanes) is 1. The number of alkyl halides is 1. The van der Waals surface area contributed by atoms with Gasteiger partial charge in [0.2, 0.25) is 0 Å². The summed E-state index contributed by atoms with van der Waals surface area (Å²) in [5.41, 5.74) is 0. The van der Waals surface area contributed by atoms with E-state index in [2.05, 4.69) is 17.1 Å². The molecule has 0 unspecified atom stereocenters. The van der Waals surface area contributed by atoms with Crippen molar-refractivity contribution >= 4 is 23.4 Å². The van der Waals surface area contributed by atoms with Crippen LogP contribution in [0.4, 0.5) is 0 Å². The lowest BCUT2D eigenvalue weighted by molar-refractivity contribution is 0.587. The molecule has 0 amide bonds. The van der Waals surface area contributed by atoms with Crippen LogP contribution in [0.15, 0.2) is 11.5 Å². The topological polar surface area (TPSA) is 30.7 Å². The molecule has 0 aliphatic carbocycles. The Balaban J connectivity index is 2.51. The van der Waals surface area contributed by atoms with E-state index in [1.54, 1.807) is 6.33 Å². The largest absolute Gasteiger partial charge is 0.309 e. The third-order valence-corrected chi connectivity index (χ3v) is 2.53. The predicted molar refractivity (Wildman–Crippen MR) is 51.5 cm³/mol. The average molecular weight is 206 g/mol. The van der Waals surface area contributed by atoms with Crippen LogP contribution in [0.2, 0.25) is 0 Å². The molecule has 0 saturated heterocycles. The molecule has 0 aromatic carbocycles. The van der Waals surface area contributed by atoms with E-state index in [1.165, 1.54) is 18.2 Å². The molecule has 0 bridgehead atoms. The number of aryl methyl sites for hydroxylation is 1. The summed E-state index contributed by atoms with van der Waals surface area (Å²) >= 11 is 7.09. The number of nitrogens with zero attached hydrogens (tertiary/aromatic N) is 3. The molecule has 1 heterocycles. The zero-order chi connectivity index (χ0) is 8.81. The second-order valence-electron chi connectivity index (χ2n) is 2.41. The van der Waals surface area contributed by atoms with Crippen LogP contribution in [0.25, 0.3) is 0 Å². The van der Waals surface area contributed by atoms with E-state index in [4.69, 9.17) is 11.6 Å². The Morgan fingerprint density at radius 3 is 3.17 bits per heavy atom. The summed E-state index contributed by atoms with van der Waals surface area (Å²) in [6, 6.07) is 0. The van der Waals surface area contributed by atoms with Gasteiger partial charge in [-0.25, -0.2) is 0 Å². The molecule has 0 saturated carbocycles. The second-order valence-corrected chi connectivity index (χ2v) is 3.94. The van der Waals surface area contributed by atoms with Gasteiger partial charge in [-0.15, -0.1) is 21.8 Å². The summed E-state index contributed by atoms with van der Waals surface area (Å²) in [5.74, 6) is 0. The van der Waals surface area contributed by atoms with Gasteiger partial charge in [-0.1, -0.05) is 25.1 Å². The van der Waals surface area contributed by atoms with E-state index in [0.717, 1.165) is 18.1 Å². The van der Waals surface area contributed by atoms with Crippen LogP contribution in [0.1, 0.15) is 19.8 Å². The van der Waals surface area contributed by atoms with Crippen LogP contribution in [-0.2, 0) is 6.54 Å². The highest BCUT2D eigenvalue weighted by Gasteiger charge is 2.02. The summed E-state index contributed by atoms with van der Waals surface area (Å²) in [6.07, 6.45) is 4.10. The quantitative estimate of drug-likeness (QED) is 0.546. The Hall–Kier alpha value is -0.220. The number of rotatable bonds is 5. The zero-order valence-electron chi connectivity index (χ0n) is 7.03. The van der Waals surface area contributed by atoms with Crippen LogP contribution >= 0.6 is 23.4 Å². The van der Waals surface area contributed by atoms with Gasteiger partial charge in [0.05, 0.1) is 5.21 Å². The van der Waals surface area contributed by atoms with E-state index in [9.17, 15) is 0 Å². The molecule has 1 rings (SSSR count). The van der Waals surface area contributed by atoms with Gasteiger partial charge in [0.1, 0.15) is 6.33 Å². The second kappa shape index (κ2) is 5.43. The summed E-state index contributed by atoms with van der Waals surface area (Å²) in [6.45, 7) is 3.15. The van der Waals surface area contributed by atoms with Crippen LogP contribution in [0, 0.1) is 0 Å². The van der Waals surface area contributed by atoms with Gasteiger partial charge in [-0.3, -0.25) is 0 Å². The molecular formula is C7H12ClN3S. The fraction of sp³-hybridized carbons (Fsp3) is 0.714. The maximum atomic E-state index is 5.58. The molecule has 12 heavy (non-hydrogen) atoms. The smallest absolute Gasteiger partial charge is 0.192 e. The molecule has 0 aliphatic heterocycles. The first-order valence-electron chi connectivity index (χ1n) is 3.95. The third-order valence-electron chi connectivity index (χ3n) is 1.52. The Labute approximate surface area is 81.5 Å². The van der Waals surface area contributed by atoms with Gasteiger partial charge in [0.15, 0.2) is 5.16 Å². The van der Waals surface area contributed by atoms with Crippen molar-refractivity contribution in [2.75, 3.05) is 5.21 Å². The lowest BCUT2D eigenvalue weighted by Crippen LogP contribution is -1.97. The van der Waals surface area contributed by atoms with Crippen LogP contribution in [-0.4, -0.2) is 20.0 Å². The first-order valence-corrected chi connectivity index (χ1v) is 5.47. The molecule has 1 aromatic heterocycles. The van der Waals surface area contributed by atoms with E-state index in [0.29, 0.717) is 5.21 Å². The van der Waals surface area contributed by atoms with Crippen LogP contribution < -0.4 is 0 Å². The maximum absolute atomic E-state index is 5.58. The van der Waals surface area contributed by atoms with E-state index in [-0.39, 0.29) is 0 Å². The fourth-order valence-electron chi connectivity index (χ4n) is 0.887. The van der Waals surface area contributed by atoms with Crippen molar-refractivity contribution in [2.24, 2.45) is 0 Å². The lowest BCUT2D eigenvalue weighted by Gasteiger charge is -2.02. The number of hydrogen-bond acceptors (Lipinski definition) is 3. The molecule has 0 fully saturated rings. The molecule has 0 atom stereocenters. The third kappa shape index (κ3) is 2.68. The van der Waals surface area contributed by atoms with Gasteiger partial charge in [0, 0.05) is 6.54 Å². The SMILES string of the molecule is CCCCn1cnnc1SCCl. The Bertz CT molecular complexity index is 226. The maximum Gasteiger partial charge on any atom is 0.192 e. The molecule has 68 valence electrons. The van der Waals surface area contributed by atoms with Gasteiger partial charge in [-0.05, 0) is 6.42 Å². The van der Waals surface area contributed by atoms with Gasteiger partial charge < -0.3 is 4.57 Å². The Kier molecular flexibility index (Phi) is 4.46. The zero-order valence-corrected chi connectivity index (χ0v) is 8.61. The summed E-state index contributed by atoms with van der Waals surface area (Å²) in [4.78, 5) is 0.